The second-order valence-corrected chi connectivity index (χ2v) is 7.12. The number of ether oxygens (including phenoxy) is 1. The molecule has 0 fully saturated rings. The number of fused-ring (bicyclic) bond motifs is 1. The first kappa shape index (κ1) is 18.4. The van der Waals surface area contributed by atoms with Gasteiger partial charge in [-0.05, 0) is 38.0 Å². The Morgan fingerprint density at radius 3 is 2.88 bits per heavy atom. The van der Waals surface area contributed by atoms with Gasteiger partial charge in [-0.1, -0.05) is 23.7 Å². The van der Waals surface area contributed by atoms with Gasteiger partial charge < -0.3 is 15.2 Å². The van der Waals surface area contributed by atoms with Crippen LogP contribution < -0.4 is 10.9 Å². The maximum Gasteiger partial charge on any atom is 0.296 e. The zero-order chi connectivity index (χ0) is 19.1. The molecule has 0 bridgehead atoms. The molecule has 1 amide bonds. The number of halogens is 1. The molecule has 2 N–H and O–H groups in total. The molecule has 2 heterocycles. The maximum absolute atomic E-state index is 12.5. The summed E-state index contributed by atoms with van der Waals surface area (Å²) in [6, 6.07) is 5.45. The van der Waals surface area contributed by atoms with E-state index in [1.807, 2.05) is 19.1 Å². The van der Waals surface area contributed by atoms with E-state index < -0.39 is 22.8 Å². The molecule has 1 aromatic carbocycles. The monoisotopic (exact) mass is 377 g/mol. The predicted octanol–water partition coefficient (Wildman–Crippen LogP) is 2.11. The van der Waals surface area contributed by atoms with Crippen molar-refractivity contribution in [1.82, 2.24) is 14.9 Å². The number of hydrogen-bond donors (Lipinski definition) is 2. The van der Waals surface area contributed by atoms with Gasteiger partial charge in [0.2, 0.25) is 5.75 Å². The normalized spacial score (nSPS) is 15.4. The summed E-state index contributed by atoms with van der Waals surface area (Å²) >= 11 is 6.08. The highest BCUT2D eigenvalue weighted by Gasteiger charge is 2.34. The molecule has 1 aliphatic rings. The van der Waals surface area contributed by atoms with Crippen molar-refractivity contribution in [2.45, 2.75) is 39.5 Å². The quantitative estimate of drug-likeness (QED) is 0.854. The Labute approximate surface area is 155 Å². The molecule has 8 heteroatoms. The third kappa shape index (κ3) is 3.32. The number of aromatic nitrogens is 2. The van der Waals surface area contributed by atoms with Crippen LogP contribution in [0.4, 0.5) is 0 Å². The first-order valence-corrected chi connectivity index (χ1v) is 8.60. The van der Waals surface area contributed by atoms with Crippen LogP contribution in [0.1, 0.15) is 41.3 Å². The number of aryl methyl sites for hydroxylation is 1. The maximum atomic E-state index is 12.5. The number of nitrogens with one attached hydrogen (secondary N) is 1. The summed E-state index contributed by atoms with van der Waals surface area (Å²) in [6.45, 7) is 6.22. The summed E-state index contributed by atoms with van der Waals surface area (Å²) in [4.78, 5) is 29.1. The molecule has 138 valence electrons. The van der Waals surface area contributed by atoms with Crippen LogP contribution in [0, 0.1) is 6.92 Å². The molecular weight excluding hydrogens is 358 g/mol. The van der Waals surface area contributed by atoms with E-state index in [0.717, 1.165) is 11.1 Å². The van der Waals surface area contributed by atoms with Crippen LogP contribution in [-0.4, -0.2) is 27.2 Å². The lowest BCUT2D eigenvalue weighted by Crippen LogP contribution is -2.42. The fraction of sp³-hybridized carbons (Fsp3) is 0.389. The van der Waals surface area contributed by atoms with Crippen molar-refractivity contribution in [2.75, 3.05) is 6.61 Å². The van der Waals surface area contributed by atoms with Crippen LogP contribution in [-0.2, 0) is 23.4 Å². The topological polar surface area (TPSA) is 93.5 Å². The summed E-state index contributed by atoms with van der Waals surface area (Å²) in [7, 11) is 0. The van der Waals surface area contributed by atoms with Crippen LogP contribution in [0.25, 0.3) is 0 Å². The Hall–Kier alpha value is -2.38. The van der Waals surface area contributed by atoms with Gasteiger partial charge in [-0.25, -0.2) is 4.98 Å². The number of nitrogens with zero attached hydrogens (tertiary/aromatic N) is 2. The average molecular weight is 378 g/mol. The molecule has 1 aliphatic heterocycles. The first-order valence-electron chi connectivity index (χ1n) is 8.22. The van der Waals surface area contributed by atoms with Gasteiger partial charge in [0.05, 0.1) is 13.2 Å². The second-order valence-electron chi connectivity index (χ2n) is 6.71. The number of benzene rings is 1. The number of carbonyl (C=O) groups is 1. The number of amides is 1. The minimum Gasteiger partial charge on any atom is -0.501 e. The van der Waals surface area contributed by atoms with Gasteiger partial charge in [-0.3, -0.25) is 14.2 Å². The Bertz CT molecular complexity index is 937. The standard InChI is InChI=1S/C18H20ClN3O4/c1-10-4-5-11(8-12(10)19)9-20-15(24)13-14(23)16(25)22-6-7-26-18(2,3)17(22)21-13/h4-5,8,23H,6-7,9H2,1-3H3,(H,20,24). The van der Waals surface area contributed by atoms with E-state index in [4.69, 9.17) is 16.3 Å². The largest absolute Gasteiger partial charge is 0.501 e. The highest BCUT2D eigenvalue weighted by atomic mass is 35.5. The lowest BCUT2D eigenvalue weighted by atomic mass is 10.1. The molecule has 0 spiro atoms. The molecule has 1 aromatic heterocycles. The number of rotatable bonds is 3. The zero-order valence-electron chi connectivity index (χ0n) is 14.8. The highest BCUT2D eigenvalue weighted by molar-refractivity contribution is 6.31. The Morgan fingerprint density at radius 1 is 1.46 bits per heavy atom. The molecule has 3 rings (SSSR count). The molecule has 7 nitrogen and oxygen atoms in total. The van der Waals surface area contributed by atoms with Crippen LogP contribution in [0.5, 0.6) is 5.75 Å². The van der Waals surface area contributed by atoms with Crippen LogP contribution >= 0.6 is 11.6 Å². The fourth-order valence-electron chi connectivity index (χ4n) is 2.84. The van der Waals surface area contributed by atoms with E-state index in [1.165, 1.54) is 4.57 Å². The fourth-order valence-corrected chi connectivity index (χ4v) is 3.04. The van der Waals surface area contributed by atoms with Crippen LogP contribution in [0.3, 0.4) is 0 Å². The van der Waals surface area contributed by atoms with Crippen molar-refractivity contribution in [3.8, 4) is 5.75 Å². The minimum atomic E-state index is -0.829. The van der Waals surface area contributed by atoms with Crippen LogP contribution in [0.15, 0.2) is 23.0 Å². The molecule has 0 radical (unpaired) electrons. The van der Waals surface area contributed by atoms with Crippen molar-refractivity contribution in [3.05, 3.63) is 56.2 Å². The van der Waals surface area contributed by atoms with Gasteiger partial charge >= 0.3 is 0 Å². The van der Waals surface area contributed by atoms with Crippen molar-refractivity contribution >= 4 is 17.5 Å². The van der Waals surface area contributed by atoms with Gasteiger partial charge in [-0.15, -0.1) is 0 Å². The summed E-state index contributed by atoms with van der Waals surface area (Å²) in [5.74, 6) is -0.984. The molecule has 0 aliphatic carbocycles. The van der Waals surface area contributed by atoms with Gasteiger partial charge in [-0.2, -0.15) is 0 Å². The summed E-state index contributed by atoms with van der Waals surface area (Å²) in [5.41, 5.74) is -0.0457. The number of carbonyl (C=O) groups excluding carboxylic acids is 1. The van der Waals surface area contributed by atoms with Crippen molar-refractivity contribution < 1.29 is 14.6 Å². The Kier molecular flexibility index (Phi) is 4.77. The van der Waals surface area contributed by atoms with E-state index in [1.54, 1.807) is 19.9 Å². The van der Waals surface area contributed by atoms with Crippen molar-refractivity contribution in [3.63, 3.8) is 0 Å². The van der Waals surface area contributed by atoms with E-state index in [2.05, 4.69) is 10.3 Å². The molecule has 2 aromatic rings. The molecule has 0 atom stereocenters. The molecule has 26 heavy (non-hydrogen) atoms. The Morgan fingerprint density at radius 2 is 2.19 bits per heavy atom. The van der Waals surface area contributed by atoms with Gasteiger partial charge in [0.15, 0.2) is 5.69 Å². The lowest BCUT2D eigenvalue weighted by molar-refractivity contribution is -0.0566. The van der Waals surface area contributed by atoms with Gasteiger partial charge in [0.1, 0.15) is 11.4 Å². The lowest BCUT2D eigenvalue weighted by Gasteiger charge is -2.32. The predicted molar refractivity (Wildman–Crippen MR) is 96.5 cm³/mol. The Balaban J connectivity index is 1.89. The van der Waals surface area contributed by atoms with Crippen LogP contribution in [0.2, 0.25) is 5.02 Å². The smallest absolute Gasteiger partial charge is 0.296 e. The number of hydrogen-bond acceptors (Lipinski definition) is 5. The van der Waals surface area contributed by atoms with Crippen molar-refractivity contribution in [1.29, 1.82) is 0 Å². The van der Waals surface area contributed by atoms with Crippen molar-refractivity contribution in [2.24, 2.45) is 0 Å². The minimum absolute atomic E-state index is 0.193. The summed E-state index contributed by atoms with van der Waals surface area (Å²) < 4.78 is 6.97. The van der Waals surface area contributed by atoms with E-state index in [0.29, 0.717) is 17.5 Å². The average Bonchev–Trinajstić information content (AvgIpc) is 2.59. The van der Waals surface area contributed by atoms with E-state index in [-0.39, 0.29) is 18.8 Å². The summed E-state index contributed by atoms with van der Waals surface area (Å²) in [6.07, 6.45) is 0. The van der Waals surface area contributed by atoms with Gasteiger partial charge in [0, 0.05) is 11.6 Å². The third-order valence-electron chi connectivity index (χ3n) is 4.37. The first-order chi connectivity index (χ1) is 12.2. The zero-order valence-corrected chi connectivity index (χ0v) is 15.6. The number of aromatic hydroxyl groups is 1. The summed E-state index contributed by atoms with van der Waals surface area (Å²) in [5, 5.41) is 13.4. The third-order valence-corrected chi connectivity index (χ3v) is 4.77. The highest BCUT2D eigenvalue weighted by Crippen LogP contribution is 2.27. The molecule has 0 saturated carbocycles. The second kappa shape index (κ2) is 6.74. The van der Waals surface area contributed by atoms with E-state index in [9.17, 15) is 14.7 Å². The van der Waals surface area contributed by atoms with Gasteiger partial charge in [0.25, 0.3) is 11.5 Å². The SMILES string of the molecule is Cc1ccc(CNC(=O)c2nc3n(c(=O)c2O)CCOC3(C)C)cc1Cl. The molecule has 0 unspecified atom stereocenters. The molecule has 0 saturated heterocycles. The molecular formula is C18H20ClN3O4. The van der Waals surface area contributed by atoms with E-state index >= 15 is 0 Å².